The highest BCUT2D eigenvalue weighted by Gasteiger charge is 2.30. The molecule has 6 nitrogen and oxygen atoms in total. The molecule has 100 valence electrons. The van der Waals surface area contributed by atoms with Gasteiger partial charge in [0.25, 0.3) is 0 Å². The van der Waals surface area contributed by atoms with E-state index in [0.29, 0.717) is 12.4 Å². The molecule has 18 heavy (non-hydrogen) atoms. The Morgan fingerprint density at radius 1 is 1.67 bits per heavy atom. The van der Waals surface area contributed by atoms with Gasteiger partial charge in [-0.1, -0.05) is 5.16 Å². The van der Waals surface area contributed by atoms with Crippen molar-refractivity contribution in [2.75, 3.05) is 31.5 Å². The summed E-state index contributed by atoms with van der Waals surface area (Å²) in [7, 11) is 0. The third-order valence-electron chi connectivity index (χ3n) is 3.20. The van der Waals surface area contributed by atoms with Crippen LogP contribution in [-0.2, 0) is 4.79 Å². The molecule has 2 heterocycles. The van der Waals surface area contributed by atoms with E-state index in [4.69, 9.17) is 4.52 Å². The molecule has 1 aromatic heterocycles. The summed E-state index contributed by atoms with van der Waals surface area (Å²) in [6.45, 7) is 9.12. The lowest BCUT2D eigenvalue weighted by molar-refractivity contribution is -0.119. The molecule has 6 heteroatoms. The van der Waals surface area contributed by atoms with Crippen LogP contribution in [0.5, 0.6) is 0 Å². The number of nitrogens with one attached hydrogen (secondary N) is 2. The summed E-state index contributed by atoms with van der Waals surface area (Å²) in [6, 6.07) is 1.71. The lowest BCUT2D eigenvalue weighted by Crippen LogP contribution is -2.59. The number of amides is 1. The van der Waals surface area contributed by atoms with Crippen LogP contribution in [0.1, 0.15) is 19.5 Å². The Kier molecular flexibility index (Phi) is 3.68. The van der Waals surface area contributed by atoms with Crippen molar-refractivity contribution in [3.63, 3.8) is 0 Å². The first-order valence-corrected chi connectivity index (χ1v) is 6.16. The number of hydrogen-bond donors (Lipinski definition) is 2. The average Bonchev–Trinajstić information content (AvgIpc) is 2.67. The molecule has 0 radical (unpaired) electrons. The zero-order valence-electron chi connectivity index (χ0n) is 11.1. The highest BCUT2D eigenvalue weighted by Crippen LogP contribution is 2.16. The molecule has 1 fully saturated rings. The highest BCUT2D eigenvalue weighted by atomic mass is 16.5. The Balaban J connectivity index is 1.90. The van der Waals surface area contributed by atoms with Gasteiger partial charge in [-0.15, -0.1) is 0 Å². The Morgan fingerprint density at radius 2 is 2.44 bits per heavy atom. The number of nitrogens with zero attached hydrogens (tertiary/aromatic N) is 2. The van der Waals surface area contributed by atoms with Gasteiger partial charge >= 0.3 is 0 Å². The van der Waals surface area contributed by atoms with Crippen molar-refractivity contribution in [2.24, 2.45) is 0 Å². The summed E-state index contributed by atoms with van der Waals surface area (Å²) in [5, 5.41) is 9.78. The molecule has 0 spiro atoms. The van der Waals surface area contributed by atoms with Gasteiger partial charge in [0.05, 0.1) is 12.2 Å². The van der Waals surface area contributed by atoms with Crippen LogP contribution in [0, 0.1) is 6.92 Å². The molecule has 1 aliphatic rings. The van der Waals surface area contributed by atoms with Crippen molar-refractivity contribution in [1.82, 2.24) is 15.4 Å². The Bertz CT molecular complexity index is 427. The van der Waals surface area contributed by atoms with Gasteiger partial charge < -0.3 is 9.84 Å². The van der Waals surface area contributed by atoms with E-state index in [1.165, 1.54) is 0 Å². The van der Waals surface area contributed by atoms with Crippen LogP contribution in [0.25, 0.3) is 0 Å². The van der Waals surface area contributed by atoms with Crippen molar-refractivity contribution in [1.29, 1.82) is 0 Å². The second-order valence-electron chi connectivity index (χ2n) is 5.29. The van der Waals surface area contributed by atoms with Gasteiger partial charge in [0.2, 0.25) is 11.8 Å². The van der Waals surface area contributed by atoms with Crippen molar-refractivity contribution >= 4 is 11.8 Å². The maximum atomic E-state index is 11.9. The summed E-state index contributed by atoms with van der Waals surface area (Å²) in [5.74, 6) is 0.339. The molecule has 0 aliphatic carbocycles. The van der Waals surface area contributed by atoms with E-state index in [1.54, 1.807) is 6.07 Å². The van der Waals surface area contributed by atoms with E-state index in [-0.39, 0.29) is 11.4 Å². The van der Waals surface area contributed by atoms with Gasteiger partial charge in [-0.05, 0) is 20.8 Å². The van der Waals surface area contributed by atoms with Crippen LogP contribution in [0.3, 0.4) is 0 Å². The molecule has 0 aromatic carbocycles. The van der Waals surface area contributed by atoms with Crippen molar-refractivity contribution in [3.8, 4) is 0 Å². The zero-order valence-corrected chi connectivity index (χ0v) is 11.1. The normalized spacial score (nSPS) is 19.7. The second-order valence-corrected chi connectivity index (χ2v) is 5.29. The SMILES string of the molecule is Cc1cc(NC(=O)CN2CCNCC2(C)C)on1. The molecule has 0 bridgehead atoms. The van der Waals surface area contributed by atoms with Crippen molar-refractivity contribution in [2.45, 2.75) is 26.3 Å². The smallest absolute Gasteiger partial charge is 0.240 e. The number of anilines is 1. The quantitative estimate of drug-likeness (QED) is 0.824. The Hall–Kier alpha value is -1.40. The van der Waals surface area contributed by atoms with Crippen molar-refractivity contribution in [3.05, 3.63) is 11.8 Å². The molecule has 2 rings (SSSR count). The summed E-state index contributed by atoms with van der Waals surface area (Å²) in [5.41, 5.74) is 0.750. The molecule has 1 aromatic rings. The number of rotatable bonds is 3. The maximum absolute atomic E-state index is 11.9. The fourth-order valence-corrected chi connectivity index (χ4v) is 2.09. The number of carbonyl (C=O) groups is 1. The fourth-order valence-electron chi connectivity index (χ4n) is 2.09. The number of carbonyl (C=O) groups excluding carboxylic acids is 1. The molecule has 2 N–H and O–H groups in total. The predicted molar refractivity (Wildman–Crippen MR) is 68.4 cm³/mol. The Labute approximate surface area is 107 Å². The summed E-state index contributed by atoms with van der Waals surface area (Å²) in [4.78, 5) is 14.1. The minimum absolute atomic E-state index is 0.00702. The van der Waals surface area contributed by atoms with E-state index in [9.17, 15) is 4.79 Å². The molecule has 1 amide bonds. The van der Waals surface area contributed by atoms with Crippen LogP contribution >= 0.6 is 0 Å². The van der Waals surface area contributed by atoms with E-state index < -0.39 is 0 Å². The standard InChI is InChI=1S/C12H20N4O2/c1-9-6-11(18-15-9)14-10(17)7-16-5-4-13-8-12(16,2)3/h6,13H,4-5,7-8H2,1-3H3,(H,14,17). The van der Waals surface area contributed by atoms with Crippen LogP contribution in [0.2, 0.25) is 0 Å². The van der Waals surface area contributed by atoms with Gasteiger partial charge in [-0.25, -0.2) is 0 Å². The van der Waals surface area contributed by atoms with Crippen LogP contribution in [-0.4, -0.2) is 47.7 Å². The summed E-state index contributed by atoms with van der Waals surface area (Å²) in [6.07, 6.45) is 0. The van der Waals surface area contributed by atoms with Gasteiger partial charge in [0.1, 0.15) is 0 Å². The first-order valence-electron chi connectivity index (χ1n) is 6.16. The largest absolute Gasteiger partial charge is 0.338 e. The second kappa shape index (κ2) is 5.07. The van der Waals surface area contributed by atoms with E-state index >= 15 is 0 Å². The van der Waals surface area contributed by atoms with Crippen LogP contribution in [0.15, 0.2) is 10.6 Å². The highest BCUT2D eigenvalue weighted by molar-refractivity contribution is 5.91. The van der Waals surface area contributed by atoms with E-state index in [0.717, 1.165) is 25.3 Å². The first kappa shape index (κ1) is 13.0. The topological polar surface area (TPSA) is 70.4 Å². The zero-order chi connectivity index (χ0) is 13.2. The van der Waals surface area contributed by atoms with E-state index in [1.807, 2.05) is 6.92 Å². The molecule has 0 unspecified atom stereocenters. The molecule has 1 aliphatic heterocycles. The van der Waals surface area contributed by atoms with Crippen LogP contribution in [0.4, 0.5) is 5.88 Å². The third kappa shape index (κ3) is 3.08. The van der Waals surface area contributed by atoms with E-state index in [2.05, 4.69) is 34.5 Å². The molecular weight excluding hydrogens is 232 g/mol. The Morgan fingerprint density at radius 3 is 3.06 bits per heavy atom. The summed E-state index contributed by atoms with van der Waals surface area (Å²) < 4.78 is 4.96. The minimum Gasteiger partial charge on any atom is -0.338 e. The van der Waals surface area contributed by atoms with Gasteiger partial charge in [0.15, 0.2) is 0 Å². The lowest BCUT2D eigenvalue weighted by atomic mass is 10.0. The molecule has 0 saturated carbocycles. The van der Waals surface area contributed by atoms with Gasteiger partial charge in [0, 0.05) is 31.2 Å². The minimum atomic E-state index is -0.0684. The first-order chi connectivity index (χ1) is 8.47. The lowest BCUT2D eigenvalue weighted by Gasteiger charge is -2.42. The number of aryl methyl sites for hydroxylation is 1. The van der Waals surface area contributed by atoms with Crippen LogP contribution < -0.4 is 10.6 Å². The fraction of sp³-hybridized carbons (Fsp3) is 0.667. The molecule has 1 saturated heterocycles. The summed E-state index contributed by atoms with van der Waals surface area (Å²) >= 11 is 0. The number of piperazine rings is 1. The average molecular weight is 252 g/mol. The predicted octanol–water partition coefficient (Wildman–Crippen LogP) is 0.605. The maximum Gasteiger partial charge on any atom is 0.240 e. The monoisotopic (exact) mass is 252 g/mol. The van der Waals surface area contributed by atoms with Crippen molar-refractivity contribution < 1.29 is 9.32 Å². The molecular formula is C12H20N4O2. The van der Waals surface area contributed by atoms with Gasteiger partial charge in [-0.2, -0.15) is 0 Å². The number of aromatic nitrogens is 1. The third-order valence-corrected chi connectivity index (χ3v) is 3.20. The van der Waals surface area contributed by atoms with Gasteiger partial charge in [-0.3, -0.25) is 15.0 Å². The molecule has 0 atom stereocenters. The number of hydrogen-bond acceptors (Lipinski definition) is 5.